The minimum absolute atomic E-state index is 1.08. The standard InChI is InChI=1S/C17H20N2/c1-19(2)15-10-8-13(9-11-15)16-7-3-5-14-6-4-12-18-17(14)16/h3,5,7-11,18H,4,6,12H2,1-2H3. The molecule has 0 fully saturated rings. The zero-order valence-electron chi connectivity index (χ0n) is 11.6. The van der Waals surface area contributed by atoms with Crippen LogP contribution in [0.5, 0.6) is 0 Å². The third kappa shape index (κ3) is 2.30. The Balaban J connectivity index is 2.02. The third-order valence-corrected chi connectivity index (χ3v) is 3.77. The first kappa shape index (κ1) is 12.1. The van der Waals surface area contributed by atoms with Gasteiger partial charge in [0.05, 0.1) is 0 Å². The molecule has 2 nitrogen and oxygen atoms in total. The van der Waals surface area contributed by atoms with Gasteiger partial charge in [0, 0.05) is 37.6 Å². The van der Waals surface area contributed by atoms with Crippen LogP contribution in [-0.2, 0) is 6.42 Å². The van der Waals surface area contributed by atoms with E-state index >= 15 is 0 Å². The van der Waals surface area contributed by atoms with E-state index in [-0.39, 0.29) is 0 Å². The fourth-order valence-corrected chi connectivity index (χ4v) is 2.69. The molecule has 0 saturated carbocycles. The highest BCUT2D eigenvalue weighted by Crippen LogP contribution is 2.34. The molecule has 2 aromatic rings. The molecule has 0 aliphatic carbocycles. The number of para-hydroxylation sites is 1. The molecule has 3 rings (SSSR count). The van der Waals surface area contributed by atoms with E-state index in [1.807, 2.05) is 0 Å². The van der Waals surface area contributed by atoms with E-state index in [1.165, 1.54) is 40.9 Å². The van der Waals surface area contributed by atoms with Crippen LogP contribution >= 0.6 is 0 Å². The Morgan fingerprint density at radius 3 is 2.53 bits per heavy atom. The number of aryl methyl sites for hydroxylation is 1. The van der Waals surface area contributed by atoms with Crippen molar-refractivity contribution in [2.75, 3.05) is 30.9 Å². The molecule has 0 spiro atoms. The van der Waals surface area contributed by atoms with Crippen molar-refractivity contribution in [1.82, 2.24) is 0 Å². The molecule has 1 aliphatic rings. The van der Waals surface area contributed by atoms with Crippen LogP contribution in [0.1, 0.15) is 12.0 Å². The highest BCUT2D eigenvalue weighted by Gasteiger charge is 2.13. The summed E-state index contributed by atoms with van der Waals surface area (Å²) < 4.78 is 0. The summed E-state index contributed by atoms with van der Waals surface area (Å²) in [4.78, 5) is 2.13. The van der Waals surface area contributed by atoms with Gasteiger partial charge in [-0.2, -0.15) is 0 Å². The minimum atomic E-state index is 1.08. The molecular weight excluding hydrogens is 232 g/mol. The van der Waals surface area contributed by atoms with Crippen LogP contribution in [0.25, 0.3) is 11.1 Å². The highest BCUT2D eigenvalue weighted by atomic mass is 15.1. The van der Waals surface area contributed by atoms with Gasteiger partial charge < -0.3 is 10.2 Å². The number of rotatable bonds is 2. The smallest absolute Gasteiger partial charge is 0.0452 e. The molecule has 2 aromatic carbocycles. The Bertz CT molecular complexity index is 570. The lowest BCUT2D eigenvalue weighted by atomic mass is 9.95. The predicted octanol–water partition coefficient (Wildman–Crippen LogP) is 3.78. The third-order valence-electron chi connectivity index (χ3n) is 3.77. The van der Waals surface area contributed by atoms with Crippen LogP contribution in [0.4, 0.5) is 11.4 Å². The fraction of sp³-hybridized carbons (Fsp3) is 0.294. The molecule has 0 amide bonds. The van der Waals surface area contributed by atoms with E-state index in [4.69, 9.17) is 0 Å². The Hall–Kier alpha value is -1.96. The van der Waals surface area contributed by atoms with Gasteiger partial charge in [-0.1, -0.05) is 30.3 Å². The van der Waals surface area contributed by atoms with Crippen LogP contribution in [0.2, 0.25) is 0 Å². The van der Waals surface area contributed by atoms with Crippen molar-refractivity contribution in [3.8, 4) is 11.1 Å². The summed E-state index contributed by atoms with van der Waals surface area (Å²) in [6.07, 6.45) is 2.42. The van der Waals surface area contributed by atoms with Crippen molar-refractivity contribution >= 4 is 11.4 Å². The van der Waals surface area contributed by atoms with Gasteiger partial charge in [0.25, 0.3) is 0 Å². The van der Waals surface area contributed by atoms with Crippen molar-refractivity contribution in [2.45, 2.75) is 12.8 Å². The van der Waals surface area contributed by atoms with E-state index in [2.05, 4.69) is 66.8 Å². The van der Waals surface area contributed by atoms with Crippen LogP contribution in [0, 0.1) is 0 Å². The van der Waals surface area contributed by atoms with Crippen molar-refractivity contribution in [2.24, 2.45) is 0 Å². The first-order valence-electron chi connectivity index (χ1n) is 6.89. The molecule has 0 unspecified atom stereocenters. The molecule has 0 saturated heterocycles. The normalized spacial score (nSPS) is 13.6. The second kappa shape index (κ2) is 4.96. The molecule has 1 aliphatic heterocycles. The SMILES string of the molecule is CN(C)c1ccc(-c2cccc3c2NCCC3)cc1. The van der Waals surface area contributed by atoms with Gasteiger partial charge in [0.1, 0.15) is 0 Å². The van der Waals surface area contributed by atoms with E-state index in [1.54, 1.807) is 0 Å². The second-order valence-electron chi connectivity index (χ2n) is 5.31. The number of fused-ring (bicyclic) bond motifs is 1. The van der Waals surface area contributed by atoms with Crippen molar-refractivity contribution in [1.29, 1.82) is 0 Å². The van der Waals surface area contributed by atoms with E-state index in [0.29, 0.717) is 0 Å². The average molecular weight is 252 g/mol. The van der Waals surface area contributed by atoms with Gasteiger partial charge in [0.15, 0.2) is 0 Å². The largest absolute Gasteiger partial charge is 0.384 e. The van der Waals surface area contributed by atoms with Gasteiger partial charge in [-0.15, -0.1) is 0 Å². The van der Waals surface area contributed by atoms with E-state index in [0.717, 1.165) is 6.54 Å². The molecule has 0 aromatic heterocycles. The Morgan fingerprint density at radius 1 is 1.00 bits per heavy atom. The zero-order chi connectivity index (χ0) is 13.2. The highest BCUT2D eigenvalue weighted by molar-refractivity contribution is 5.81. The average Bonchev–Trinajstić information content (AvgIpc) is 2.47. The maximum atomic E-state index is 3.56. The Morgan fingerprint density at radius 2 is 1.79 bits per heavy atom. The molecule has 98 valence electrons. The summed E-state index contributed by atoms with van der Waals surface area (Å²) in [7, 11) is 4.14. The van der Waals surface area contributed by atoms with E-state index < -0.39 is 0 Å². The number of nitrogens with zero attached hydrogens (tertiary/aromatic N) is 1. The molecule has 2 heteroatoms. The quantitative estimate of drug-likeness (QED) is 0.875. The number of hydrogen-bond acceptors (Lipinski definition) is 2. The van der Waals surface area contributed by atoms with Crippen molar-refractivity contribution in [3.05, 3.63) is 48.0 Å². The summed E-state index contributed by atoms with van der Waals surface area (Å²) >= 11 is 0. The van der Waals surface area contributed by atoms with E-state index in [9.17, 15) is 0 Å². The number of hydrogen-bond donors (Lipinski definition) is 1. The van der Waals surface area contributed by atoms with Gasteiger partial charge >= 0.3 is 0 Å². The van der Waals surface area contributed by atoms with Gasteiger partial charge in [0.2, 0.25) is 0 Å². The second-order valence-corrected chi connectivity index (χ2v) is 5.31. The Kier molecular flexibility index (Phi) is 3.16. The minimum Gasteiger partial charge on any atom is -0.384 e. The fourth-order valence-electron chi connectivity index (χ4n) is 2.69. The Labute approximate surface area is 115 Å². The summed E-state index contributed by atoms with van der Waals surface area (Å²) in [6.45, 7) is 1.08. The van der Waals surface area contributed by atoms with Gasteiger partial charge in [-0.05, 0) is 36.1 Å². The monoisotopic (exact) mass is 252 g/mol. The van der Waals surface area contributed by atoms with Crippen molar-refractivity contribution < 1.29 is 0 Å². The summed E-state index contributed by atoms with van der Waals surface area (Å²) in [6, 6.07) is 15.4. The van der Waals surface area contributed by atoms with Crippen LogP contribution < -0.4 is 10.2 Å². The lowest BCUT2D eigenvalue weighted by molar-refractivity contribution is 0.831. The first-order chi connectivity index (χ1) is 9.25. The topological polar surface area (TPSA) is 15.3 Å². The molecule has 1 heterocycles. The zero-order valence-corrected chi connectivity index (χ0v) is 11.6. The maximum absolute atomic E-state index is 3.56. The van der Waals surface area contributed by atoms with Crippen LogP contribution in [0.15, 0.2) is 42.5 Å². The molecule has 0 atom stereocenters. The summed E-state index contributed by atoms with van der Waals surface area (Å²) in [5.41, 5.74) is 6.62. The number of benzene rings is 2. The maximum Gasteiger partial charge on any atom is 0.0452 e. The lowest BCUT2D eigenvalue weighted by Gasteiger charge is -2.21. The molecule has 0 radical (unpaired) electrons. The van der Waals surface area contributed by atoms with Gasteiger partial charge in [-0.3, -0.25) is 0 Å². The number of nitrogens with one attached hydrogen (secondary N) is 1. The predicted molar refractivity (Wildman–Crippen MR) is 83.0 cm³/mol. The molecule has 0 bridgehead atoms. The first-order valence-corrected chi connectivity index (χ1v) is 6.89. The summed E-state index contributed by atoms with van der Waals surface area (Å²) in [5.74, 6) is 0. The van der Waals surface area contributed by atoms with Crippen molar-refractivity contribution in [3.63, 3.8) is 0 Å². The molecule has 19 heavy (non-hydrogen) atoms. The molecule has 1 N–H and O–H groups in total. The van der Waals surface area contributed by atoms with Crippen LogP contribution in [0.3, 0.4) is 0 Å². The summed E-state index contributed by atoms with van der Waals surface area (Å²) in [5, 5.41) is 3.56. The molecular formula is C17H20N2. The lowest BCUT2D eigenvalue weighted by Crippen LogP contribution is -2.12. The number of anilines is 2. The van der Waals surface area contributed by atoms with Crippen LogP contribution in [-0.4, -0.2) is 20.6 Å². The van der Waals surface area contributed by atoms with Gasteiger partial charge in [-0.25, -0.2) is 0 Å².